The van der Waals surface area contributed by atoms with Gasteiger partial charge in [-0.05, 0) is 31.5 Å². The van der Waals surface area contributed by atoms with Crippen molar-refractivity contribution in [1.82, 2.24) is 0 Å². The summed E-state index contributed by atoms with van der Waals surface area (Å²) in [5.41, 5.74) is 12.5. The number of Topliss-reactive ketones (excluding diaryl/α,β-unsaturated/α-hetero) is 1. The molecule has 0 aromatic heterocycles. The van der Waals surface area contributed by atoms with Crippen molar-refractivity contribution in [2.75, 3.05) is 12.4 Å². The molecular weight excluding hydrogens is 268 g/mol. The van der Waals surface area contributed by atoms with Crippen LogP contribution >= 0.6 is 24.2 Å². The Bertz CT molecular complexity index is 410. The molecule has 0 saturated carbocycles. The smallest absolute Gasteiger partial charge is 0.162 e. The van der Waals surface area contributed by atoms with Gasteiger partial charge in [-0.25, -0.2) is 0 Å². The Morgan fingerprint density at radius 2 is 1.72 bits per heavy atom. The molecule has 1 aromatic rings. The number of ketones is 1. The third-order valence-electron chi connectivity index (χ3n) is 2.01. The van der Waals surface area contributed by atoms with Gasteiger partial charge in [0.05, 0.1) is 0 Å². The van der Waals surface area contributed by atoms with Crippen LogP contribution in [0.15, 0.2) is 34.9 Å². The normalized spacial score (nSPS) is 11.2. The maximum atomic E-state index is 11.3. The zero-order valence-electron chi connectivity index (χ0n) is 10.6. The molecule has 0 radical (unpaired) electrons. The molecule has 1 aromatic carbocycles. The first-order valence-corrected chi connectivity index (χ1v) is 6.45. The number of hydrogen-bond donors (Lipinski definition) is 3. The van der Waals surface area contributed by atoms with Crippen molar-refractivity contribution >= 4 is 35.6 Å². The van der Waals surface area contributed by atoms with Gasteiger partial charge in [0.15, 0.2) is 5.78 Å². The fourth-order valence-electron chi connectivity index (χ4n) is 1.34. The van der Waals surface area contributed by atoms with Crippen LogP contribution in [0.2, 0.25) is 0 Å². The van der Waals surface area contributed by atoms with Gasteiger partial charge in [0.2, 0.25) is 0 Å². The van der Waals surface area contributed by atoms with Gasteiger partial charge in [-0.15, -0.1) is 24.2 Å². The van der Waals surface area contributed by atoms with Crippen molar-refractivity contribution in [1.29, 1.82) is 0 Å². The van der Waals surface area contributed by atoms with E-state index >= 15 is 0 Å². The first-order valence-electron chi connectivity index (χ1n) is 5.46. The summed E-state index contributed by atoms with van der Waals surface area (Å²) in [5, 5.41) is 0. The average molecular weight is 287 g/mol. The van der Waals surface area contributed by atoms with E-state index in [4.69, 9.17) is 23.1 Å². The summed E-state index contributed by atoms with van der Waals surface area (Å²) in [7, 11) is 0. The van der Waals surface area contributed by atoms with E-state index in [0.717, 1.165) is 10.5 Å². The average Bonchev–Trinajstić information content (AvgIpc) is 2.31. The van der Waals surface area contributed by atoms with Crippen molar-refractivity contribution in [2.24, 2.45) is 11.5 Å². The second-order valence-corrected chi connectivity index (χ2v) is 4.53. The van der Waals surface area contributed by atoms with Crippen LogP contribution in [0.4, 0.5) is 0 Å². The van der Waals surface area contributed by atoms with Crippen molar-refractivity contribution in [3.05, 3.63) is 35.5 Å². The first kappa shape index (κ1) is 17.0. The lowest BCUT2D eigenvalue weighted by atomic mass is 10.0. The van der Waals surface area contributed by atoms with E-state index < -0.39 is 0 Å². The molecule has 0 aliphatic carbocycles. The zero-order valence-corrected chi connectivity index (χ0v) is 12.3. The lowest BCUT2D eigenvalue weighted by Crippen LogP contribution is -2.04. The fraction of sp³-hybridized carbons (Fsp3) is 0.308. The molecule has 0 fully saturated rings. The molecule has 5 heteroatoms. The summed E-state index contributed by atoms with van der Waals surface area (Å²) < 4.78 is 0. The summed E-state index contributed by atoms with van der Waals surface area (Å²) in [4.78, 5) is 12.2. The molecule has 0 saturated heterocycles. The monoisotopic (exact) mass is 286 g/mol. The summed E-state index contributed by atoms with van der Waals surface area (Å²) in [5.74, 6) is 0.553. The third kappa shape index (κ3) is 6.10. The predicted molar refractivity (Wildman–Crippen MR) is 80.9 cm³/mol. The molecule has 0 unspecified atom stereocenters. The molecule has 0 spiro atoms. The highest BCUT2D eigenvalue weighted by Crippen LogP contribution is 2.19. The fourth-order valence-corrected chi connectivity index (χ4v) is 1.49. The Labute approximate surface area is 119 Å². The van der Waals surface area contributed by atoms with Gasteiger partial charge in [0.25, 0.3) is 0 Å². The van der Waals surface area contributed by atoms with E-state index in [1.54, 1.807) is 6.92 Å². The molecule has 4 N–H and O–H groups in total. The largest absolute Gasteiger partial charge is 0.402 e. The van der Waals surface area contributed by atoms with Crippen molar-refractivity contribution in [3.63, 3.8) is 0 Å². The predicted octanol–water partition coefficient (Wildman–Crippen LogP) is 2.44. The van der Waals surface area contributed by atoms with E-state index in [1.165, 1.54) is 6.92 Å². The zero-order chi connectivity index (χ0) is 14.1. The Morgan fingerprint density at radius 1 is 1.28 bits per heavy atom. The van der Waals surface area contributed by atoms with Crippen LogP contribution in [0, 0.1) is 0 Å². The van der Waals surface area contributed by atoms with Gasteiger partial charge < -0.3 is 11.5 Å². The molecule has 0 aliphatic rings. The van der Waals surface area contributed by atoms with Gasteiger partial charge in [0, 0.05) is 28.6 Å². The molecule has 0 atom stereocenters. The summed E-state index contributed by atoms with van der Waals surface area (Å²) in [6, 6.07) is 7.36. The van der Waals surface area contributed by atoms with E-state index in [0.29, 0.717) is 23.7 Å². The number of alkyl halides is 1. The third-order valence-corrected chi connectivity index (χ3v) is 2.53. The van der Waals surface area contributed by atoms with Gasteiger partial charge >= 0.3 is 0 Å². The number of hydrogen-bond acceptors (Lipinski definition) is 4. The lowest BCUT2D eigenvalue weighted by Gasteiger charge is -2.06. The number of benzene rings is 1. The Hall–Kier alpha value is -0.970. The van der Waals surface area contributed by atoms with Crippen LogP contribution in [0.1, 0.15) is 19.4 Å². The van der Waals surface area contributed by atoms with Crippen molar-refractivity contribution < 1.29 is 4.79 Å². The van der Waals surface area contributed by atoms with E-state index in [1.807, 2.05) is 24.3 Å². The maximum Gasteiger partial charge on any atom is 0.162 e. The Morgan fingerprint density at radius 3 is 2.00 bits per heavy atom. The topological polar surface area (TPSA) is 69.1 Å². The van der Waals surface area contributed by atoms with Crippen LogP contribution < -0.4 is 11.5 Å². The molecule has 3 nitrogen and oxygen atoms in total. The Kier molecular flexibility index (Phi) is 8.54. The second-order valence-electron chi connectivity index (χ2n) is 3.64. The van der Waals surface area contributed by atoms with E-state index in [2.05, 4.69) is 12.6 Å². The van der Waals surface area contributed by atoms with Crippen LogP contribution in [0.5, 0.6) is 0 Å². The van der Waals surface area contributed by atoms with Crippen LogP contribution in [0.3, 0.4) is 0 Å². The molecule has 0 amide bonds. The minimum absolute atomic E-state index is 0.0167. The summed E-state index contributed by atoms with van der Waals surface area (Å²) in [6.45, 7) is 3.83. The summed E-state index contributed by atoms with van der Waals surface area (Å²) in [6.07, 6.45) is 0. The molecule has 0 aliphatic heterocycles. The number of thiol groups is 1. The van der Waals surface area contributed by atoms with E-state index in [-0.39, 0.29) is 5.78 Å². The van der Waals surface area contributed by atoms with Crippen molar-refractivity contribution in [3.8, 4) is 0 Å². The van der Waals surface area contributed by atoms with Gasteiger partial charge in [0.1, 0.15) is 0 Å². The highest BCUT2D eigenvalue weighted by atomic mass is 35.5. The minimum atomic E-state index is -0.0167. The second kappa shape index (κ2) is 9.03. The number of carbonyl (C=O) groups excluding carboxylic acids is 1. The number of nitrogens with two attached hydrogens (primary N) is 2. The van der Waals surface area contributed by atoms with Gasteiger partial charge in [-0.3, -0.25) is 4.79 Å². The molecular formula is C13H19ClN2OS. The van der Waals surface area contributed by atoms with E-state index in [9.17, 15) is 4.79 Å². The standard InChI is InChI=1S/C11H13NOS.C2H6ClN/c1-7(12)11(8(2)13)9-3-5-10(14)6-4-9;3-1-2-4/h3-6,14H,12H2,1-2H3;1-2,4H2/b11-7+;. The first-order chi connectivity index (χ1) is 8.43. The van der Waals surface area contributed by atoms with Crippen molar-refractivity contribution in [2.45, 2.75) is 18.7 Å². The maximum absolute atomic E-state index is 11.3. The number of rotatable bonds is 3. The Balaban J connectivity index is 0.000000631. The molecule has 1 rings (SSSR count). The number of halogens is 1. The number of allylic oxidation sites excluding steroid dienone is 2. The van der Waals surface area contributed by atoms with Gasteiger partial charge in [-0.2, -0.15) is 0 Å². The molecule has 18 heavy (non-hydrogen) atoms. The minimum Gasteiger partial charge on any atom is -0.402 e. The van der Waals surface area contributed by atoms with Gasteiger partial charge in [-0.1, -0.05) is 12.1 Å². The summed E-state index contributed by atoms with van der Waals surface area (Å²) >= 11 is 9.23. The highest BCUT2D eigenvalue weighted by Gasteiger charge is 2.08. The molecule has 0 bridgehead atoms. The highest BCUT2D eigenvalue weighted by molar-refractivity contribution is 7.80. The SMILES string of the molecule is CC(=O)/C(=C(/C)N)c1ccc(S)cc1.NCCCl. The van der Waals surface area contributed by atoms with Crippen LogP contribution in [0.25, 0.3) is 5.57 Å². The quantitative estimate of drug-likeness (QED) is 0.454. The van der Waals surface area contributed by atoms with Crippen LogP contribution in [-0.4, -0.2) is 18.2 Å². The molecule has 0 heterocycles. The van der Waals surface area contributed by atoms with Crippen LogP contribution in [-0.2, 0) is 4.79 Å². The molecule has 100 valence electrons. The number of carbonyl (C=O) groups is 1. The lowest BCUT2D eigenvalue weighted by molar-refractivity contribution is -0.111.